The van der Waals surface area contributed by atoms with E-state index in [9.17, 15) is 4.57 Å². The molecule has 4 rings (SSSR count). The van der Waals surface area contributed by atoms with Gasteiger partial charge in [0.15, 0.2) is 7.14 Å². The molecule has 1 nitrogen and oxygen atoms in total. The van der Waals surface area contributed by atoms with Crippen LogP contribution in [0.2, 0.25) is 0 Å². The first-order chi connectivity index (χ1) is 13.1. The summed E-state index contributed by atoms with van der Waals surface area (Å²) in [6, 6.07) is 30.4. The Balaban J connectivity index is 1.99. The molecule has 0 amide bonds. The zero-order valence-electron chi connectivity index (χ0n) is 15.4. The van der Waals surface area contributed by atoms with Gasteiger partial charge in [-0.15, -0.1) is 0 Å². The number of allylic oxidation sites excluding steroid dienone is 2. The van der Waals surface area contributed by atoms with E-state index in [1.807, 2.05) is 66.7 Å². The lowest BCUT2D eigenvalue weighted by molar-refractivity contribution is 0.591. The topological polar surface area (TPSA) is 17.1 Å². The molecule has 0 saturated carbocycles. The Morgan fingerprint density at radius 1 is 0.778 bits per heavy atom. The van der Waals surface area contributed by atoms with Crippen LogP contribution in [0, 0.1) is 0 Å². The molecule has 3 heteroatoms. The first kappa shape index (κ1) is 18.2. The third-order valence-corrected chi connectivity index (χ3v) is 12.1. The molecule has 27 heavy (non-hydrogen) atoms. The third-order valence-electron chi connectivity index (χ3n) is 5.08. The molecule has 0 radical (unpaired) electrons. The molecule has 1 unspecified atom stereocenters. The maximum atomic E-state index is 14.9. The van der Waals surface area contributed by atoms with Gasteiger partial charge >= 0.3 is 0 Å². The Hall–Kier alpha value is -2.20. The zero-order valence-corrected chi connectivity index (χ0v) is 17.2. The van der Waals surface area contributed by atoms with Gasteiger partial charge in [0, 0.05) is 21.8 Å². The van der Waals surface area contributed by atoms with Crippen molar-refractivity contribution in [3.8, 4) is 0 Å². The van der Waals surface area contributed by atoms with Crippen LogP contribution in [-0.4, -0.2) is 6.16 Å². The van der Waals surface area contributed by atoms with Gasteiger partial charge in [0.25, 0.3) is 0 Å². The van der Waals surface area contributed by atoms with Gasteiger partial charge in [0.2, 0.25) is 0 Å². The molecule has 0 aromatic heterocycles. The summed E-state index contributed by atoms with van der Waals surface area (Å²) >= 11 is 0. The first-order valence-electron chi connectivity index (χ1n) is 9.06. The highest BCUT2D eigenvalue weighted by molar-refractivity contribution is 7.95. The molecule has 3 aromatic rings. The van der Waals surface area contributed by atoms with Gasteiger partial charge in [-0.25, -0.2) is 0 Å². The fraction of sp³-hybridized carbons (Fsp3) is 0.0833. The fourth-order valence-corrected chi connectivity index (χ4v) is 11.1. The van der Waals surface area contributed by atoms with Crippen LogP contribution in [0.4, 0.5) is 0 Å². The SMILES string of the molecule is C=C1CP(c2ccccc2)C(P(=O)(c2ccccc2)c2ccccc2)=C1C. The third kappa shape index (κ3) is 3.16. The van der Waals surface area contributed by atoms with E-state index >= 15 is 0 Å². The standard InChI is InChI=1S/C24H22OP2/c1-19-18-26(21-12-6-3-7-13-21)24(20(19)2)27(25,22-14-8-4-9-15-22)23-16-10-5-11-17-23/h3-17H,1,18H2,2H3. The molecule has 0 aliphatic carbocycles. The van der Waals surface area contributed by atoms with Gasteiger partial charge in [-0.2, -0.15) is 0 Å². The van der Waals surface area contributed by atoms with Gasteiger partial charge < -0.3 is 4.57 Å². The second-order valence-electron chi connectivity index (χ2n) is 6.75. The summed E-state index contributed by atoms with van der Waals surface area (Å²) in [4.78, 5) is 0. The molecule has 3 aromatic carbocycles. The van der Waals surface area contributed by atoms with Gasteiger partial charge in [-0.3, -0.25) is 0 Å². The minimum atomic E-state index is -2.94. The van der Waals surface area contributed by atoms with E-state index in [2.05, 4.69) is 37.8 Å². The van der Waals surface area contributed by atoms with Crippen molar-refractivity contribution < 1.29 is 4.57 Å². The highest BCUT2D eigenvalue weighted by Gasteiger charge is 2.41. The molecule has 1 aliphatic rings. The smallest absolute Gasteiger partial charge is 0.172 e. The quantitative estimate of drug-likeness (QED) is 0.531. The summed E-state index contributed by atoms with van der Waals surface area (Å²) in [5, 5.41) is 4.19. The molecule has 0 N–H and O–H groups in total. The van der Waals surface area contributed by atoms with Crippen LogP contribution in [0.25, 0.3) is 0 Å². The molecule has 1 heterocycles. The van der Waals surface area contributed by atoms with E-state index in [4.69, 9.17) is 0 Å². The number of hydrogen-bond acceptors (Lipinski definition) is 1. The summed E-state index contributed by atoms with van der Waals surface area (Å²) in [5.41, 5.74) is 2.24. The van der Waals surface area contributed by atoms with Gasteiger partial charge in [0.05, 0.1) is 0 Å². The van der Waals surface area contributed by atoms with Crippen LogP contribution in [0.3, 0.4) is 0 Å². The molecule has 0 spiro atoms. The zero-order chi connectivity index (χ0) is 18.9. The van der Waals surface area contributed by atoms with Crippen LogP contribution in [0.5, 0.6) is 0 Å². The van der Waals surface area contributed by atoms with Crippen LogP contribution >= 0.6 is 15.1 Å². The number of benzene rings is 3. The van der Waals surface area contributed by atoms with E-state index in [0.29, 0.717) is 0 Å². The molecular weight excluding hydrogens is 366 g/mol. The predicted octanol–water partition coefficient (Wildman–Crippen LogP) is 5.61. The van der Waals surface area contributed by atoms with Crippen molar-refractivity contribution in [3.63, 3.8) is 0 Å². The molecule has 1 atom stereocenters. The number of rotatable bonds is 4. The summed E-state index contributed by atoms with van der Waals surface area (Å²) < 4.78 is 14.9. The average Bonchev–Trinajstić information content (AvgIpc) is 3.04. The van der Waals surface area contributed by atoms with Crippen LogP contribution in [0.15, 0.2) is 114 Å². The Kier molecular flexibility index (Phi) is 5.00. The summed E-state index contributed by atoms with van der Waals surface area (Å²) in [6.45, 7) is 6.40. The summed E-state index contributed by atoms with van der Waals surface area (Å²) in [5.74, 6) is 0. The molecule has 0 bridgehead atoms. The molecule has 0 fully saturated rings. The Morgan fingerprint density at radius 2 is 1.22 bits per heavy atom. The highest BCUT2D eigenvalue weighted by Crippen LogP contribution is 2.70. The van der Waals surface area contributed by atoms with Crippen molar-refractivity contribution in [3.05, 3.63) is 114 Å². The van der Waals surface area contributed by atoms with Crippen molar-refractivity contribution in [2.24, 2.45) is 0 Å². The highest BCUT2D eigenvalue weighted by atomic mass is 31.2. The van der Waals surface area contributed by atoms with Crippen molar-refractivity contribution >= 4 is 31.0 Å². The van der Waals surface area contributed by atoms with E-state index in [0.717, 1.165) is 33.0 Å². The van der Waals surface area contributed by atoms with E-state index < -0.39 is 15.1 Å². The lowest BCUT2D eigenvalue weighted by Crippen LogP contribution is -2.18. The number of hydrogen-bond donors (Lipinski definition) is 0. The lowest BCUT2D eigenvalue weighted by atomic mass is 10.2. The maximum Gasteiger partial charge on any atom is 0.172 e. The van der Waals surface area contributed by atoms with Gasteiger partial charge in [0.1, 0.15) is 0 Å². The fourth-order valence-electron chi connectivity index (χ4n) is 3.64. The van der Waals surface area contributed by atoms with E-state index in [1.165, 1.54) is 5.30 Å². The summed E-state index contributed by atoms with van der Waals surface area (Å²) in [7, 11) is -3.64. The normalized spacial score (nSPS) is 17.4. The second-order valence-corrected chi connectivity index (χ2v) is 11.9. The van der Waals surface area contributed by atoms with Crippen molar-refractivity contribution in [2.45, 2.75) is 6.92 Å². The van der Waals surface area contributed by atoms with Crippen molar-refractivity contribution in [1.29, 1.82) is 0 Å². The van der Waals surface area contributed by atoms with Gasteiger partial charge in [-0.1, -0.05) is 97.6 Å². The molecule has 0 saturated heterocycles. The van der Waals surface area contributed by atoms with Crippen molar-refractivity contribution in [2.75, 3.05) is 6.16 Å². The second kappa shape index (κ2) is 7.43. The van der Waals surface area contributed by atoms with Crippen molar-refractivity contribution in [1.82, 2.24) is 0 Å². The maximum absolute atomic E-state index is 14.9. The monoisotopic (exact) mass is 388 g/mol. The van der Waals surface area contributed by atoms with Crippen LogP contribution < -0.4 is 15.9 Å². The minimum absolute atomic E-state index is 0.701. The summed E-state index contributed by atoms with van der Waals surface area (Å²) in [6.07, 6.45) is 0.893. The van der Waals surface area contributed by atoms with E-state index in [-0.39, 0.29) is 0 Å². The van der Waals surface area contributed by atoms with Crippen LogP contribution in [0.1, 0.15) is 6.92 Å². The minimum Gasteiger partial charge on any atom is -0.309 e. The average molecular weight is 388 g/mol. The largest absolute Gasteiger partial charge is 0.309 e. The molecule has 1 aliphatic heterocycles. The molecular formula is C24H22OP2. The predicted molar refractivity (Wildman–Crippen MR) is 119 cm³/mol. The first-order valence-corrected chi connectivity index (χ1v) is 12.3. The van der Waals surface area contributed by atoms with Crippen LogP contribution in [-0.2, 0) is 4.57 Å². The molecule has 134 valence electrons. The lowest BCUT2D eigenvalue weighted by Gasteiger charge is -2.26. The Bertz CT molecular complexity index is 994. The van der Waals surface area contributed by atoms with E-state index in [1.54, 1.807) is 0 Å². The Morgan fingerprint density at radius 3 is 1.70 bits per heavy atom. The van der Waals surface area contributed by atoms with Gasteiger partial charge in [-0.05, 0) is 31.3 Å². The Labute approximate surface area is 162 Å².